The van der Waals surface area contributed by atoms with Crippen LogP contribution in [0.1, 0.15) is 17.1 Å². The van der Waals surface area contributed by atoms with Gasteiger partial charge < -0.3 is 15.5 Å². The number of aliphatic imine (C=N–C) groups is 1. The van der Waals surface area contributed by atoms with Gasteiger partial charge in [0.05, 0.1) is 12.2 Å². The molecule has 152 valence electrons. The summed E-state index contributed by atoms with van der Waals surface area (Å²) in [6.45, 7) is 1.17. The summed E-state index contributed by atoms with van der Waals surface area (Å²) < 4.78 is 64.8. The number of anilines is 1. The van der Waals surface area contributed by atoms with Crippen molar-refractivity contribution in [1.29, 1.82) is 0 Å². The molecule has 0 aliphatic carbocycles. The molecule has 2 aromatic rings. The van der Waals surface area contributed by atoms with E-state index < -0.39 is 23.5 Å². The fourth-order valence-corrected chi connectivity index (χ4v) is 3.64. The number of guanidine groups is 1. The molecule has 0 bridgehead atoms. The average molecular weight is 419 g/mol. The molecule has 11 heteroatoms. The summed E-state index contributed by atoms with van der Waals surface area (Å²) in [7, 11) is 1.55. The second-order valence-corrected chi connectivity index (χ2v) is 7.16. The molecule has 0 saturated carbocycles. The monoisotopic (exact) mass is 419 g/mol. The first kappa shape index (κ1) is 20.3. The summed E-state index contributed by atoms with van der Waals surface area (Å²) in [5.74, 6) is -0.835. The molecule has 2 N–H and O–H groups in total. The molecule has 1 aromatic carbocycles. The number of alkyl halides is 3. The largest absolute Gasteiger partial charge is 0.434 e. The number of benzene rings is 1. The Kier molecular flexibility index (Phi) is 6.01. The maximum Gasteiger partial charge on any atom is 0.434 e. The number of hydrogen-bond acceptors (Lipinski definition) is 4. The van der Waals surface area contributed by atoms with Crippen LogP contribution in [0.5, 0.6) is 0 Å². The van der Waals surface area contributed by atoms with Gasteiger partial charge in [-0.05, 0) is 18.6 Å². The second-order valence-electron chi connectivity index (χ2n) is 6.22. The number of rotatable bonds is 4. The average Bonchev–Trinajstić information content (AvgIpc) is 3.27. The van der Waals surface area contributed by atoms with Crippen LogP contribution >= 0.6 is 11.3 Å². The Morgan fingerprint density at radius 1 is 1.36 bits per heavy atom. The van der Waals surface area contributed by atoms with Crippen LogP contribution in [0.4, 0.5) is 27.6 Å². The van der Waals surface area contributed by atoms with Gasteiger partial charge >= 0.3 is 6.18 Å². The third-order valence-electron chi connectivity index (χ3n) is 4.25. The van der Waals surface area contributed by atoms with Crippen LogP contribution in [0, 0.1) is 11.6 Å². The van der Waals surface area contributed by atoms with Gasteiger partial charge in [-0.1, -0.05) is 0 Å². The van der Waals surface area contributed by atoms with E-state index in [1.807, 2.05) is 0 Å². The van der Waals surface area contributed by atoms with Crippen molar-refractivity contribution in [2.24, 2.45) is 4.99 Å². The molecule has 5 nitrogen and oxygen atoms in total. The van der Waals surface area contributed by atoms with Crippen molar-refractivity contribution in [3.05, 3.63) is 45.9 Å². The minimum absolute atomic E-state index is 0.0438. The van der Waals surface area contributed by atoms with Crippen LogP contribution in [0.25, 0.3) is 0 Å². The Balaban J connectivity index is 1.53. The van der Waals surface area contributed by atoms with Crippen molar-refractivity contribution >= 4 is 23.0 Å². The van der Waals surface area contributed by atoms with Crippen LogP contribution in [-0.2, 0) is 12.7 Å². The second kappa shape index (κ2) is 8.29. The van der Waals surface area contributed by atoms with Gasteiger partial charge in [0.1, 0.15) is 16.6 Å². The molecule has 28 heavy (non-hydrogen) atoms. The molecule has 1 aromatic heterocycles. The topological polar surface area (TPSA) is 52.6 Å². The highest BCUT2D eigenvalue weighted by molar-refractivity contribution is 7.09. The number of aromatic nitrogens is 1. The van der Waals surface area contributed by atoms with Crippen LogP contribution in [0.2, 0.25) is 0 Å². The lowest BCUT2D eigenvalue weighted by Crippen LogP contribution is -2.44. The van der Waals surface area contributed by atoms with Gasteiger partial charge in [0, 0.05) is 37.6 Å². The predicted molar refractivity (Wildman–Crippen MR) is 97.4 cm³/mol. The first-order valence-corrected chi connectivity index (χ1v) is 9.33. The minimum atomic E-state index is -4.46. The molecule has 1 aliphatic rings. The fourth-order valence-electron chi connectivity index (χ4n) is 2.90. The summed E-state index contributed by atoms with van der Waals surface area (Å²) in [6.07, 6.45) is -3.76. The molecule has 1 aliphatic heterocycles. The quantitative estimate of drug-likeness (QED) is 0.453. The van der Waals surface area contributed by atoms with Crippen molar-refractivity contribution in [2.45, 2.75) is 25.2 Å². The highest BCUT2D eigenvalue weighted by Crippen LogP contribution is 2.30. The van der Waals surface area contributed by atoms with E-state index in [0.717, 1.165) is 22.8 Å². The lowest BCUT2D eigenvalue weighted by atomic mass is 10.2. The molecule has 1 saturated heterocycles. The van der Waals surface area contributed by atoms with Crippen molar-refractivity contribution in [1.82, 2.24) is 15.6 Å². The van der Waals surface area contributed by atoms with E-state index in [2.05, 4.69) is 20.6 Å². The highest BCUT2D eigenvalue weighted by Gasteiger charge is 2.33. The summed E-state index contributed by atoms with van der Waals surface area (Å²) in [5, 5.41) is 7.35. The summed E-state index contributed by atoms with van der Waals surface area (Å²) in [4.78, 5) is 9.41. The zero-order chi connectivity index (χ0) is 20.3. The zero-order valence-corrected chi connectivity index (χ0v) is 15.7. The third-order valence-corrected chi connectivity index (χ3v) is 5.10. The van der Waals surface area contributed by atoms with Crippen molar-refractivity contribution in [3.63, 3.8) is 0 Å². The van der Waals surface area contributed by atoms with E-state index in [-0.39, 0.29) is 17.6 Å². The lowest BCUT2D eigenvalue weighted by Gasteiger charge is -2.20. The molecule has 0 amide bonds. The SMILES string of the molecule is CN=C(NCc1nc(C(F)(F)F)cs1)NC1CCN(c2ccc(F)cc2F)C1. The molecular weight excluding hydrogens is 401 g/mol. The number of nitrogens with one attached hydrogen (secondary N) is 2. The molecular formula is C17H18F5N5S. The molecule has 1 fully saturated rings. The highest BCUT2D eigenvalue weighted by atomic mass is 32.1. The van der Waals surface area contributed by atoms with E-state index in [9.17, 15) is 22.0 Å². The fraction of sp³-hybridized carbons (Fsp3) is 0.412. The molecule has 0 spiro atoms. The van der Waals surface area contributed by atoms with E-state index in [1.54, 1.807) is 11.9 Å². The number of thiazole rings is 1. The van der Waals surface area contributed by atoms with E-state index in [1.165, 1.54) is 12.1 Å². The van der Waals surface area contributed by atoms with Gasteiger partial charge in [-0.15, -0.1) is 11.3 Å². The molecule has 0 radical (unpaired) electrons. The summed E-state index contributed by atoms with van der Waals surface area (Å²) in [5.41, 5.74) is -0.582. The Morgan fingerprint density at radius 3 is 2.79 bits per heavy atom. The van der Waals surface area contributed by atoms with Crippen molar-refractivity contribution in [3.8, 4) is 0 Å². The van der Waals surface area contributed by atoms with Crippen molar-refractivity contribution < 1.29 is 22.0 Å². The van der Waals surface area contributed by atoms with Gasteiger partial charge in [0.2, 0.25) is 0 Å². The van der Waals surface area contributed by atoms with Crippen LogP contribution in [0.15, 0.2) is 28.6 Å². The van der Waals surface area contributed by atoms with Gasteiger partial charge in [-0.3, -0.25) is 4.99 Å². The maximum atomic E-state index is 13.9. The maximum absolute atomic E-state index is 13.9. The number of halogens is 5. The van der Waals surface area contributed by atoms with E-state index in [4.69, 9.17) is 0 Å². The van der Waals surface area contributed by atoms with Crippen LogP contribution in [0.3, 0.4) is 0 Å². The minimum Gasteiger partial charge on any atom is -0.367 e. The first-order chi connectivity index (χ1) is 13.3. The molecule has 3 rings (SSSR count). The Hall–Kier alpha value is -2.43. The third kappa shape index (κ3) is 4.89. The van der Waals surface area contributed by atoms with Crippen LogP contribution < -0.4 is 15.5 Å². The van der Waals surface area contributed by atoms with Gasteiger partial charge in [0.15, 0.2) is 11.7 Å². The molecule has 1 unspecified atom stereocenters. The van der Waals surface area contributed by atoms with Crippen molar-refractivity contribution in [2.75, 3.05) is 25.0 Å². The Morgan fingerprint density at radius 2 is 2.14 bits per heavy atom. The van der Waals surface area contributed by atoms with Gasteiger partial charge in [-0.2, -0.15) is 13.2 Å². The normalized spacial score (nSPS) is 17.9. The summed E-state index contributed by atoms with van der Waals surface area (Å²) >= 11 is 0.915. The zero-order valence-electron chi connectivity index (χ0n) is 14.9. The smallest absolute Gasteiger partial charge is 0.367 e. The standard InChI is InChI=1S/C17H18F5N5S/c1-23-16(24-7-15-26-14(9-28-15)17(20,21)22)25-11-4-5-27(8-11)13-3-2-10(18)6-12(13)19/h2-3,6,9,11H,4-5,7-8H2,1H3,(H2,23,24,25). The lowest BCUT2D eigenvalue weighted by molar-refractivity contribution is -0.140. The summed E-state index contributed by atoms with van der Waals surface area (Å²) in [6, 6.07) is 3.42. The Labute approximate surface area is 162 Å². The Bertz CT molecular complexity index is 851. The molecule has 1 atom stereocenters. The molecule has 2 heterocycles. The van der Waals surface area contributed by atoms with Crippen LogP contribution in [-0.4, -0.2) is 37.1 Å². The van der Waals surface area contributed by atoms with Gasteiger partial charge in [0.25, 0.3) is 0 Å². The van der Waals surface area contributed by atoms with Gasteiger partial charge in [-0.25, -0.2) is 13.8 Å². The van der Waals surface area contributed by atoms with E-state index >= 15 is 0 Å². The first-order valence-electron chi connectivity index (χ1n) is 8.45. The number of nitrogens with zero attached hydrogens (tertiary/aromatic N) is 3. The number of hydrogen-bond donors (Lipinski definition) is 2. The van der Waals surface area contributed by atoms with E-state index in [0.29, 0.717) is 31.2 Å². The predicted octanol–water partition coefficient (Wildman–Crippen LogP) is 3.38.